The number of carbonyl (C=O) groups excluding carboxylic acids is 1. The molecule has 2 nitrogen and oxygen atoms in total. The molecule has 62 valence electrons. The van der Waals surface area contributed by atoms with E-state index < -0.39 is 0 Å². The standard InChI is InChI=1S/C9H8INO/c10-7-3-1-2-6-4-5-11-9(12)8(6)7/h1-3H,4-5H2,(H,11,12). The lowest BCUT2D eigenvalue weighted by Crippen LogP contribution is -2.32. The van der Waals surface area contributed by atoms with Gasteiger partial charge in [0.1, 0.15) is 0 Å². The minimum Gasteiger partial charge on any atom is -0.352 e. The molecule has 1 aromatic rings. The normalized spacial score (nSPS) is 15.2. The van der Waals surface area contributed by atoms with Crippen LogP contribution in [0, 0.1) is 3.57 Å². The van der Waals surface area contributed by atoms with Gasteiger partial charge in [0.2, 0.25) is 0 Å². The summed E-state index contributed by atoms with van der Waals surface area (Å²) in [5.41, 5.74) is 2.04. The number of nitrogens with one attached hydrogen (secondary N) is 1. The van der Waals surface area contributed by atoms with Gasteiger partial charge in [-0.2, -0.15) is 0 Å². The van der Waals surface area contributed by atoms with Gasteiger partial charge in [0, 0.05) is 10.1 Å². The number of hydrogen-bond acceptors (Lipinski definition) is 1. The Morgan fingerprint density at radius 2 is 2.25 bits per heavy atom. The fourth-order valence-corrected chi connectivity index (χ4v) is 2.23. The topological polar surface area (TPSA) is 29.1 Å². The maximum absolute atomic E-state index is 11.4. The molecule has 0 spiro atoms. The Kier molecular flexibility index (Phi) is 2.04. The van der Waals surface area contributed by atoms with Crippen molar-refractivity contribution in [1.29, 1.82) is 0 Å². The van der Waals surface area contributed by atoms with E-state index in [4.69, 9.17) is 0 Å². The number of amides is 1. The van der Waals surface area contributed by atoms with Crippen LogP contribution in [-0.4, -0.2) is 12.5 Å². The molecular weight excluding hydrogens is 265 g/mol. The molecule has 0 atom stereocenters. The van der Waals surface area contributed by atoms with E-state index in [1.165, 1.54) is 5.56 Å². The average molecular weight is 273 g/mol. The van der Waals surface area contributed by atoms with Crippen LogP contribution in [0.2, 0.25) is 0 Å². The zero-order chi connectivity index (χ0) is 8.55. The molecule has 0 fully saturated rings. The van der Waals surface area contributed by atoms with Gasteiger partial charge < -0.3 is 5.32 Å². The molecule has 0 saturated heterocycles. The van der Waals surface area contributed by atoms with E-state index in [0.717, 1.165) is 22.1 Å². The van der Waals surface area contributed by atoms with Crippen LogP contribution in [0.3, 0.4) is 0 Å². The van der Waals surface area contributed by atoms with E-state index in [2.05, 4.69) is 27.9 Å². The molecule has 0 aromatic heterocycles. The second-order valence-corrected chi connectivity index (χ2v) is 3.94. The maximum Gasteiger partial charge on any atom is 0.252 e. The van der Waals surface area contributed by atoms with E-state index in [-0.39, 0.29) is 5.91 Å². The lowest BCUT2D eigenvalue weighted by Gasteiger charge is -2.16. The second-order valence-electron chi connectivity index (χ2n) is 2.78. The highest BCUT2D eigenvalue weighted by Crippen LogP contribution is 2.19. The first-order valence-electron chi connectivity index (χ1n) is 3.84. The summed E-state index contributed by atoms with van der Waals surface area (Å²) in [6.07, 6.45) is 0.956. The summed E-state index contributed by atoms with van der Waals surface area (Å²) in [6, 6.07) is 5.99. The van der Waals surface area contributed by atoms with Crippen molar-refractivity contribution in [3.63, 3.8) is 0 Å². The Hall–Kier alpha value is -0.580. The molecule has 0 saturated carbocycles. The van der Waals surface area contributed by atoms with Gasteiger partial charge in [0.15, 0.2) is 0 Å². The SMILES string of the molecule is O=C1NCCc2cccc(I)c21. The summed E-state index contributed by atoms with van der Waals surface area (Å²) in [5, 5.41) is 2.84. The van der Waals surface area contributed by atoms with Gasteiger partial charge in [-0.05, 0) is 40.6 Å². The van der Waals surface area contributed by atoms with Crippen molar-refractivity contribution in [3.8, 4) is 0 Å². The maximum atomic E-state index is 11.4. The summed E-state index contributed by atoms with van der Waals surface area (Å²) < 4.78 is 1.04. The molecule has 1 N–H and O–H groups in total. The van der Waals surface area contributed by atoms with Gasteiger partial charge in [-0.1, -0.05) is 12.1 Å². The van der Waals surface area contributed by atoms with Gasteiger partial charge in [-0.3, -0.25) is 4.79 Å². The Balaban J connectivity index is 2.60. The monoisotopic (exact) mass is 273 g/mol. The Morgan fingerprint density at radius 3 is 3.00 bits per heavy atom. The first kappa shape index (κ1) is 8.04. The molecular formula is C9H8INO. The second kappa shape index (κ2) is 3.05. The van der Waals surface area contributed by atoms with Gasteiger partial charge in [-0.25, -0.2) is 0 Å². The summed E-state index contributed by atoms with van der Waals surface area (Å²) in [4.78, 5) is 11.4. The first-order valence-corrected chi connectivity index (χ1v) is 4.92. The van der Waals surface area contributed by atoms with Crippen LogP contribution >= 0.6 is 22.6 Å². The molecule has 0 bridgehead atoms. The molecule has 0 unspecified atom stereocenters. The van der Waals surface area contributed by atoms with Crippen molar-refractivity contribution in [3.05, 3.63) is 32.9 Å². The minimum atomic E-state index is 0.0706. The van der Waals surface area contributed by atoms with E-state index in [1.54, 1.807) is 0 Å². The average Bonchev–Trinajstić information content (AvgIpc) is 2.04. The zero-order valence-electron chi connectivity index (χ0n) is 6.43. The Bertz CT molecular complexity index is 335. The lowest BCUT2D eigenvalue weighted by atomic mass is 10.0. The van der Waals surface area contributed by atoms with Crippen molar-refractivity contribution in [2.24, 2.45) is 0 Å². The van der Waals surface area contributed by atoms with Crippen molar-refractivity contribution in [2.75, 3.05) is 6.54 Å². The highest BCUT2D eigenvalue weighted by atomic mass is 127. The minimum absolute atomic E-state index is 0.0706. The van der Waals surface area contributed by atoms with Gasteiger partial charge in [0.25, 0.3) is 5.91 Å². The molecule has 0 radical (unpaired) electrons. The lowest BCUT2D eigenvalue weighted by molar-refractivity contribution is 0.0945. The van der Waals surface area contributed by atoms with Crippen molar-refractivity contribution >= 4 is 28.5 Å². The number of rotatable bonds is 0. The van der Waals surface area contributed by atoms with E-state index in [0.29, 0.717) is 0 Å². The van der Waals surface area contributed by atoms with Crippen LogP contribution < -0.4 is 5.32 Å². The van der Waals surface area contributed by atoms with Gasteiger partial charge in [-0.15, -0.1) is 0 Å². The predicted molar refractivity (Wildman–Crippen MR) is 55.2 cm³/mol. The zero-order valence-corrected chi connectivity index (χ0v) is 8.59. The van der Waals surface area contributed by atoms with Crippen molar-refractivity contribution in [2.45, 2.75) is 6.42 Å². The van der Waals surface area contributed by atoms with Gasteiger partial charge >= 0.3 is 0 Å². The Labute approximate surface area is 84.5 Å². The smallest absolute Gasteiger partial charge is 0.252 e. The molecule has 1 aliphatic rings. The molecule has 12 heavy (non-hydrogen) atoms. The molecule has 3 heteroatoms. The van der Waals surface area contributed by atoms with Crippen LogP contribution in [0.1, 0.15) is 15.9 Å². The molecule has 1 aromatic carbocycles. The molecule has 1 amide bonds. The molecule has 1 aliphatic heterocycles. The fourth-order valence-electron chi connectivity index (χ4n) is 1.43. The van der Waals surface area contributed by atoms with E-state index in [1.807, 2.05) is 18.2 Å². The van der Waals surface area contributed by atoms with Crippen LogP contribution in [0.15, 0.2) is 18.2 Å². The highest BCUT2D eigenvalue weighted by Gasteiger charge is 2.18. The summed E-state index contributed by atoms with van der Waals surface area (Å²) in [5.74, 6) is 0.0706. The summed E-state index contributed by atoms with van der Waals surface area (Å²) in [7, 11) is 0. The first-order chi connectivity index (χ1) is 5.79. The van der Waals surface area contributed by atoms with Crippen LogP contribution in [0.4, 0.5) is 0 Å². The predicted octanol–water partition coefficient (Wildman–Crippen LogP) is 1.58. The van der Waals surface area contributed by atoms with E-state index >= 15 is 0 Å². The third-order valence-corrected chi connectivity index (χ3v) is 2.91. The molecule has 2 rings (SSSR count). The molecule has 0 aliphatic carbocycles. The third kappa shape index (κ3) is 1.22. The number of fused-ring (bicyclic) bond motifs is 1. The molecule has 1 heterocycles. The van der Waals surface area contributed by atoms with Crippen molar-refractivity contribution in [1.82, 2.24) is 5.32 Å². The Morgan fingerprint density at radius 1 is 1.42 bits per heavy atom. The summed E-state index contributed by atoms with van der Waals surface area (Å²) in [6.45, 7) is 0.770. The number of benzene rings is 1. The van der Waals surface area contributed by atoms with Crippen LogP contribution in [0.5, 0.6) is 0 Å². The highest BCUT2D eigenvalue weighted by molar-refractivity contribution is 14.1. The van der Waals surface area contributed by atoms with E-state index in [9.17, 15) is 4.79 Å². The number of halogens is 1. The largest absolute Gasteiger partial charge is 0.352 e. The third-order valence-electron chi connectivity index (χ3n) is 2.01. The number of hydrogen-bond donors (Lipinski definition) is 1. The number of carbonyl (C=O) groups is 1. The van der Waals surface area contributed by atoms with Crippen LogP contribution in [0.25, 0.3) is 0 Å². The fraction of sp³-hybridized carbons (Fsp3) is 0.222. The van der Waals surface area contributed by atoms with Crippen LogP contribution in [-0.2, 0) is 6.42 Å². The summed E-state index contributed by atoms with van der Waals surface area (Å²) >= 11 is 2.20. The quantitative estimate of drug-likeness (QED) is 0.714. The van der Waals surface area contributed by atoms with Gasteiger partial charge in [0.05, 0.1) is 5.56 Å². The van der Waals surface area contributed by atoms with Crippen molar-refractivity contribution < 1.29 is 4.79 Å².